The predicted molar refractivity (Wildman–Crippen MR) is 137 cm³/mol. The third kappa shape index (κ3) is 7.82. The Bertz CT molecular complexity index is 921. The van der Waals surface area contributed by atoms with E-state index < -0.39 is 12.0 Å². The molecule has 0 unspecified atom stereocenters. The van der Waals surface area contributed by atoms with Gasteiger partial charge >= 0.3 is 5.97 Å². The Morgan fingerprint density at radius 2 is 1.29 bits per heavy atom. The van der Waals surface area contributed by atoms with Crippen molar-refractivity contribution in [2.45, 2.75) is 57.8 Å². The van der Waals surface area contributed by atoms with Crippen molar-refractivity contribution in [3.05, 3.63) is 108 Å². The molecule has 34 heavy (non-hydrogen) atoms. The van der Waals surface area contributed by atoms with Gasteiger partial charge in [-0.25, -0.2) is 0 Å². The number of aliphatic hydroxyl groups is 1. The Morgan fingerprint density at radius 3 is 1.74 bits per heavy atom. The topological polar surface area (TPSA) is 49.8 Å². The van der Waals surface area contributed by atoms with E-state index in [-0.39, 0.29) is 12.0 Å². The molecule has 0 spiro atoms. The third-order valence-corrected chi connectivity index (χ3v) is 6.34. The maximum Gasteiger partial charge on any atom is 0.309 e. The van der Waals surface area contributed by atoms with E-state index in [9.17, 15) is 9.90 Å². The van der Waals surface area contributed by atoms with Gasteiger partial charge in [0.15, 0.2) is 0 Å². The molecule has 3 atom stereocenters. The van der Waals surface area contributed by atoms with Gasteiger partial charge in [-0.3, -0.25) is 9.69 Å². The summed E-state index contributed by atoms with van der Waals surface area (Å²) in [5.74, 6) is -0.659. The fourth-order valence-corrected chi connectivity index (χ4v) is 4.62. The number of methoxy groups -OCH3 is 1. The quantitative estimate of drug-likeness (QED) is 0.336. The molecule has 0 radical (unpaired) electrons. The summed E-state index contributed by atoms with van der Waals surface area (Å²) in [4.78, 5) is 15.0. The predicted octanol–water partition coefficient (Wildman–Crippen LogP) is 5.64. The van der Waals surface area contributed by atoms with E-state index in [0.29, 0.717) is 12.8 Å². The van der Waals surface area contributed by atoms with E-state index in [1.165, 1.54) is 18.2 Å². The highest BCUT2D eigenvalue weighted by molar-refractivity contribution is 5.72. The molecule has 0 fully saturated rings. The van der Waals surface area contributed by atoms with Crippen molar-refractivity contribution in [3.8, 4) is 0 Å². The molecule has 0 aliphatic rings. The zero-order chi connectivity index (χ0) is 24.2. The van der Waals surface area contributed by atoms with Gasteiger partial charge in [0.1, 0.15) is 0 Å². The van der Waals surface area contributed by atoms with Crippen molar-refractivity contribution >= 4 is 5.97 Å². The second kappa shape index (κ2) is 13.7. The number of carbonyl (C=O) groups excluding carboxylic acids is 1. The molecule has 4 nitrogen and oxygen atoms in total. The average molecular weight is 460 g/mol. The van der Waals surface area contributed by atoms with E-state index >= 15 is 0 Å². The van der Waals surface area contributed by atoms with Crippen molar-refractivity contribution in [2.24, 2.45) is 5.92 Å². The molecule has 0 aliphatic carbocycles. The maximum absolute atomic E-state index is 12.6. The number of nitrogens with zero attached hydrogens (tertiary/aromatic N) is 1. The van der Waals surface area contributed by atoms with Gasteiger partial charge in [-0.1, -0.05) is 104 Å². The van der Waals surface area contributed by atoms with Crippen LogP contribution >= 0.6 is 0 Å². The molecule has 180 valence electrons. The van der Waals surface area contributed by atoms with Crippen LogP contribution in [-0.4, -0.2) is 35.2 Å². The van der Waals surface area contributed by atoms with Crippen LogP contribution in [0, 0.1) is 5.92 Å². The summed E-state index contributed by atoms with van der Waals surface area (Å²) >= 11 is 0. The molecule has 3 rings (SSSR count). The first-order valence-electron chi connectivity index (χ1n) is 12.2. The first-order chi connectivity index (χ1) is 16.6. The van der Waals surface area contributed by atoms with Crippen molar-refractivity contribution < 1.29 is 14.6 Å². The smallest absolute Gasteiger partial charge is 0.309 e. The van der Waals surface area contributed by atoms with Gasteiger partial charge < -0.3 is 9.84 Å². The van der Waals surface area contributed by atoms with Crippen molar-refractivity contribution in [2.75, 3.05) is 7.11 Å². The fraction of sp³-hybridized carbons (Fsp3) is 0.367. The molecule has 4 heteroatoms. The molecular formula is C30H37NO3. The van der Waals surface area contributed by atoms with Crippen LogP contribution in [0.25, 0.3) is 0 Å². The van der Waals surface area contributed by atoms with E-state index in [1.807, 2.05) is 42.5 Å². The van der Waals surface area contributed by atoms with Gasteiger partial charge in [-0.15, -0.1) is 0 Å². The van der Waals surface area contributed by atoms with Crippen LogP contribution in [-0.2, 0) is 29.0 Å². The molecular weight excluding hydrogens is 422 g/mol. The minimum atomic E-state index is -0.653. The Balaban J connectivity index is 1.83. The number of aliphatic hydroxyl groups excluding tert-OH is 1. The van der Waals surface area contributed by atoms with Crippen molar-refractivity contribution in [1.29, 1.82) is 0 Å². The van der Waals surface area contributed by atoms with E-state index in [0.717, 1.165) is 31.5 Å². The maximum atomic E-state index is 12.6. The summed E-state index contributed by atoms with van der Waals surface area (Å²) < 4.78 is 5.11. The first-order valence-corrected chi connectivity index (χ1v) is 12.2. The monoisotopic (exact) mass is 459 g/mol. The number of carbonyl (C=O) groups is 1. The number of esters is 1. The summed E-state index contributed by atoms with van der Waals surface area (Å²) in [5.41, 5.74) is 3.49. The molecule has 3 aromatic carbocycles. The number of hydrogen-bond donors (Lipinski definition) is 1. The van der Waals surface area contributed by atoms with Crippen LogP contribution in [0.15, 0.2) is 91.0 Å². The Hall–Kier alpha value is -2.95. The van der Waals surface area contributed by atoms with Gasteiger partial charge in [0, 0.05) is 19.1 Å². The van der Waals surface area contributed by atoms with E-state index in [1.54, 1.807) is 0 Å². The zero-order valence-electron chi connectivity index (χ0n) is 20.3. The summed E-state index contributed by atoms with van der Waals surface area (Å²) in [7, 11) is 1.42. The summed E-state index contributed by atoms with van der Waals surface area (Å²) in [6.07, 6.45) is 2.07. The Morgan fingerprint density at radius 1 is 0.824 bits per heavy atom. The SMILES string of the molecule is CCC[C@@H]([C@@H](O)C[C@H](Cc1ccccc1)C(=O)OC)N(Cc1ccccc1)Cc1ccccc1. The lowest BCUT2D eigenvalue weighted by Gasteiger charge is -2.36. The van der Waals surface area contributed by atoms with Crippen LogP contribution in [0.1, 0.15) is 42.9 Å². The third-order valence-electron chi connectivity index (χ3n) is 6.34. The van der Waals surface area contributed by atoms with Crippen LogP contribution in [0.5, 0.6) is 0 Å². The fourth-order valence-electron chi connectivity index (χ4n) is 4.62. The normalized spacial score (nSPS) is 13.9. The lowest BCUT2D eigenvalue weighted by Crippen LogP contribution is -2.44. The second-order valence-corrected chi connectivity index (χ2v) is 8.95. The van der Waals surface area contributed by atoms with Gasteiger partial charge in [0.25, 0.3) is 0 Å². The second-order valence-electron chi connectivity index (χ2n) is 8.95. The Kier molecular flexibility index (Phi) is 10.3. The first kappa shape index (κ1) is 25.7. The molecule has 0 bridgehead atoms. The summed E-state index contributed by atoms with van der Waals surface area (Å²) in [6, 6.07) is 30.6. The minimum absolute atomic E-state index is 0.0756. The standard InChI is InChI=1S/C30H37NO3/c1-3-13-28(29(32)21-27(30(33)34-2)20-24-14-7-4-8-15-24)31(22-25-16-9-5-10-17-25)23-26-18-11-6-12-19-26/h4-12,14-19,27-29,32H,3,13,20-23H2,1-2H3/t27-,28-,29-/m0/s1. The van der Waals surface area contributed by atoms with Gasteiger partial charge in [-0.2, -0.15) is 0 Å². The van der Waals surface area contributed by atoms with Crippen LogP contribution in [0.2, 0.25) is 0 Å². The van der Waals surface area contributed by atoms with Crippen LogP contribution < -0.4 is 0 Å². The van der Waals surface area contributed by atoms with E-state index in [4.69, 9.17) is 4.74 Å². The number of ether oxygens (including phenoxy) is 1. The van der Waals surface area contributed by atoms with Gasteiger partial charge in [0.05, 0.1) is 19.1 Å². The van der Waals surface area contributed by atoms with E-state index in [2.05, 4.69) is 60.4 Å². The molecule has 0 aliphatic heterocycles. The zero-order valence-corrected chi connectivity index (χ0v) is 20.3. The molecule has 3 aromatic rings. The summed E-state index contributed by atoms with van der Waals surface area (Å²) in [6.45, 7) is 3.61. The minimum Gasteiger partial charge on any atom is -0.469 e. The molecule has 0 aromatic heterocycles. The Labute approximate surface area is 204 Å². The number of hydrogen-bond acceptors (Lipinski definition) is 4. The molecule has 0 amide bonds. The average Bonchev–Trinajstić information content (AvgIpc) is 2.88. The molecule has 0 heterocycles. The van der Waals surface area contributed by atoms with Crippen LogP contribution in [0.3, 0.4) is 0 Å². The number of rotatable bonds is 13. The molecule has 0 saturated heterocycles. The molecule has 1 N–H and O–H groups in total. The highest BCUT2D eigenvalue weighted by Crippen LogP contribution is 2.25. The largest absolute Gasteiger partial charge is 0.469 e. The van der Waals surface area contributed by atoms with Gasteiger partial charge in [-0.05, 0) is 36.0 Å². The molecule has 0 saturated carbocycles. The van der Waals surface area contributed by atoms with Gasteiger partial charge in [0.2, 0.25) is 0 Å². The number of benzene rings is 3. The summed E-state index contributed by atoms with van der Waals surface area (Å²) in [5, 5.41) is 11.5. The lowest BCUT2D eigenvalue weighted by molar-refractivity contribution is -0.147. The van der Waals surface area contributed by atoms with Crippen LogP contribution in [0.4, 0.5) is 0 Å². The van der Waals surface area contributed by atoms with Crippen molar-refractivity contribution in [3.63, 3.8) is 0 Å². The highest BCUT2D eigenvalue weighted by Gasteiger charge is 2.31. The highest BCUT2D eigenvalue weighted by atomic mass is 16.5. The lowest BCUT2D eigenvalue weighted by atomic mass is 9.89. The van der Waals surface area contributed by atoms with Crippen molar-refractivity contribution in [1.82, 2.24) is 4.90 Å².